The van der Waals surface area contributed by atoms with Crippen LogP contribution in [0.4, 0.5) is 0 Å². The Labute approximate surface area is 174 Å². The Hall–Kier alpha value is -3.71. The summed E-state index contributed by atoms with van der Waals surface area (Å²) >= 11 is 0. The van der Waals surface area contributed by atoms with Crippen LogP contribution in [0, 0.1) is 0 Å². The van der Waals surface area contributed by atoms with Crippen LogP contribution < -0.4 is 14.8 Å². The molecule has 9 heteroatoms. The van der Waals surface area contributed by atoms with E-state index in [0.717, 1.165) is 11.1 Å². The number of hydrogen-bond donors (Lipinski definition) is 1. The van der Waals surface area contributed by atoms with Gasteiger partial charge in [0, 0.05) is 29.6 Å². The Morgan fingerprint density at radius 3 is 2.63 bits per heavy atom. The van der Waals surface area contributed by atoms with Gasteiger partial charge in [-0.3, -0.25) is 9.59 Å². The predicted octanol–water partition coefficient (Wildman–Crippen LogP) is 2.45. The van der Waals surface area contributed by atoms with Crippen LogP contribution in [0.1, 0.15) is 11.1 Å². The van der Waals surface area contributed by atoms with Gasteiger partial charge in [-0.05, 0) is 23.2 Å². The zero-order valence-electron chi connectivity index (χ0n) is 16.8. The molecule has 0 radical (unpaired) electrons. The fraction of sp³-hybridized carbons (Fsp3) is 0.333. The van der Waals surface area contributed by atoms with Gasteiger partial charge in [-0.1, -0.05) is 35.4 Å². The van der Waals surface area contributed by atoms with Crippen molar-refractivity contribution < 1.29 is 19.1 Å². The number of nitrogens with zero attached hydrogens (tertiary/aromatic N) is 4. The fourth-order valence-electron chi connectivity index (χ4n) is 3.45. The molecule has 2 aromatic carbocycles. The van der Waals surface area contributed by atoms with Crippen LogP contribution >= 0.6 is 0 Å². The van der Waals surface area contributed by atoms with Crippen LogP contribution in [-0.2, 0) is 22.6 Å². The smallest absolute Gasteiger partial charge is 0.247 e. The highest BCUT2D eigenvalue weighted by Gasteiger charge is 2.47. The van der Waals surface area contributed by atoms with Crippen molar-refractivity contribution in [2.45, 2.75) is 25.0 Å². The number of carbonyl (C=O) groups is 2. The van der Waals surface area contributed by atoms with Crippen molar-refractivity contribution in [1.29, 1.82) is 0 Å². The second kappa shape index (κ2) is 9.67. The number of amides is 2. The van der Waals surface area contributed by atoms with Crippen LogP contribution in [0.5, 0.6) is 11.5 Å². The third-order valence-corrected chi connectivity index (χ3v) is 5.03. The molecule has 1 heterocycles. The van der Waals surface area contributed by atoms with Crippen molar-refractivity contribution in [3.63, 3.8) is 0 Å². The molecule has 0 aromatic heterocycles. The molecule has 0 aliphatic carbocycles. The largest absolute Gasteiger partial charge is 0.497 e. The zero-order valence-corrected chi connectivity index (χ0v) is 16.8. The number of β-lactam (4-membered cyclic amide) rings is 1. The van der Waals surface area contributed by atoms with E-state index in [4.69, 9.17) is 15.0 Å². The molecule has 0 unspecified atom stereocenters. The quantitative estimate of drug-likeness (QED) is 0.296. The molecule has 0 bridgehead atoms. The summed E-state index contributed by atoms with van der Waals surface area (Å²) in [6, 6.07) is 13.5. The van der Waals surface area contributed by atoms with Crippen molar-refractivity contribution >= 4 is 11.8 Å². The number of benzene rings is 2. The molecule has 3 rings (SSSR count). The van der Waals surface area contributed by atoms with E-state index in [1.807, 2.05) is 36.4 Å². The summed E-state index contributed by atoms with van der Waals surface area (Å²) in [5, 5.41) is 6.39. The first-order chi connectivity index (χ1) is 14.6. The minimum atomic E-state index is -0.726. The van der Waals surface area contributed by atoms with Gasteiger partial charge >= 0.3 is 0 Å². The van der Waals surface area contributed by atoms with Gasteiger partial charge in [-0.25, -0.2) is 0 Å². The first-order valence-corrected chi connectivity index (χ1v) is 9.43. The van der Waals surface area contributed by atoms with E-state index < -0.39 is 12.1 Å². The molecule has 1 aliphatic heterocycles. The number of azide groups is 1. The van der Waals surface area contributed by atoms with Gasteiger partial charge in [-0.15, -0.1) is 0 Å². The van der Waals surface area contributed by atoms with Gasteiger partial charge < -0.3 is 19.7 Å². The maximum Gasteiger partial charge on any atom is 0.247 e. The summed E-state index contributed by atoms with van der Waals surface area (Å²) in [5.74, 6) is 0.739. The molecular weight excluding hydrogens is 386 g/mol. The van der Waals surface area contributed by atoms with Gasteiger partial charge in [0.1, 0.15) is 17.5 Å². The highest BCUT2D eigenvalue weighted by molar-refractivity contribution is 5.94. The van der Waals surface area contributed by atoms with E-state index in [9.17, 15) is 9.59 Å². The van der Waals surface area contributed by atoms with Gasteiger partial charge in [-0.2, -0.15) is 0 Å². The first-order valence-electron chi connectivity index (χ1n) is 9.43. The van der Waals surface area contributed by atoms with Crippen LogP contribution in [-0.4, -0.2) is 49.6 Å². The zero-order chi connectivity index (χ0) is 21.5. The first kappa shape index (κ1) is 21.0. The summed E-state index contributed by atoms with van der Waals surface area (Å²) in [7, 11) is 3.10. The molecule has 1 fully saturated rings. The molecular formula is C21H23N5O4. The summed E-state index contributed by atoms with van der Waals surface area (Å²) in [5.41, 5.74) is 10.4. The highest BCUT2D eigenvalue weighted by Crippen LogP contribution is 2.30. The normalized spacial score (nSPS) is 17.5. The Balaban J connectivity index is 1.71. The molecule has 30 heavy (non-hydrogen) atoms. The number of nitrogens with one attached hydrogen (secondary N) is 1. The second-order valence-electron chi connectivity index (χ2n) is 6.83. The third kappa shape index (κ3) is 4.64. The maximum atomic E-state index is 12.8. The molecule has 2 amide bonds. The van der Waals surface area contributed by atoms with Gasteiger partial charge in [0.15, 0.2) is 0 Å². The van der Waals surface area contributed by atoms with Gasteiger partial charge in [0.25, 0.3) is 0 Å². The number of methoxy groups -OCH3 is 2. The summed E-state index contributed by atoms with van der Waals surface area (Å²) in [4.78, 5) is 29.5. The summed E-state index contributed by atoms with van der Waals surface area (Å²) < 4.78 is 10.6. The van der Waals surface area contributed by atoms with Crippen molar-refractivity contribution in [2.24, 2.45) is 5.11 Å². The lowest BCUT2D eigenvalue weighted by Gasteiger charge is -2.47. The summed E-state index contributed by atoms with van der Waals surface area (Å²) in [6.07, 6.45) is 0.172. The number of likely N-dealkylation sites (tertiary alicyclic amines) is 1. The lowest BCUT2D eigenvalue weighted by molar-refractivity contribution is -0.154. The van der Waals surface area contributed by atoms with E-state index in [2.05, 4.69) is 15.3 Å². The number of rotatable bonds is 9. The maximum absolute atomic E-state index is 12.8. The number of carbonyl (C=O) groups excluding carboxylic acids is 2. The molecule has 2 aromatic rings. The standard InChI is InChI=1S/C21H23N5O4/c1-29-16-9-8-15(18(11-16)30-2)13-26-17(12-23-25-22)20(21(26)28)24-19(27)10-14-6-4-3-5-7-14/h3-9,11,17,20H,10,12-13H2,1-2H3,(H,24,27)/t17-,20+/m1/s1. The van der Waals surface area contributed by atoms with E-state index in [-0.39, 0.29) is 31.3 Å². The lowest BCUT2D eigenvalue weighted by atomic mass is 9.93. The van der Waals surface area contributed by atoms with Gasteiger partial charge in [0.05, 0.1) is 26.7 Å². The topological polar surface area (TPSA) is 117 Å². The van der Waals surface area contributed by atoms with Crippen LogP contribution in [0.3, 0.4) is 0 Å². The molecule has 9 nitrogen and oxygen atoms in total. The molecule has 1 aliphatic rings. The highest BCUT2D eigenvalue weighted by atomic mass is 16.5. The fourth-order valence-corrected chi connectivity index (χ4v) is 3.45. The molecule has 156 valence electrons. The van der Waals surface area contributed by atoms with E-state index in [1.54, 1.807) is 31.3 Å². The number of ether oxygens (including phenoxy) is 2. The predicted molar refractivity (Wildman–Crippen MR) is 110 cm³/mol. The summed E-state index contributed by atoms with van der Waals surface area (Å²) in [6.45, 7) is 0.333. The van der Waals surface area contributed by atoms with Crippen molar-refractivity contribution in [1.82, 2.24) is 10.2 Å². The van der Waals surface area contributed by atoms with Gasteiger partial charge in [0.2, 0.25) is 11.8 Å². The van der Waals surface area contributed by atoms with Crippen LogP contribution in [0.25, 0.3) is 10.4 Å². The molecule has 0 saturated carbocycles. The molecule has 1 N–H and O–H groups in total. The van der Waals surface area contributed by atoms with Crippen molar-refractivity contribution in [3.8, 4) is 11.5 Å². The Morgan fingerprint density at radius 2 is 1.97 bits per heavy atom. The SMILES string of the molecule is COc1ccc(CN2C(=O)[C@@H](NC(=O)Cc3ccccc3)[C@H]2CN=[N+]=[N-])c(OC)c1. The minimum Gasteiger partial charge on any atom is -0.497 e. The third-order valence-electron chi connectivity index (χ3n) is 5.03. The minimum absolute atomic E-state index is 0.0665. The number of hydrogen-bond acceptors (Lipinski definition) is 5. The van der Waals surface area contributed by atoms with Crippen molar-refractivity contribution in [3.05, 3.63) is 70.1 Å². The average molecular weight is 409 g/mol. The van der Waals surface area contributed by atoms with E-state index in [0.29, 0.717) is 11.5 Å². The van der Waals surface area contributed by atoms with Crippen LogP contribution in [0.15, 0.2) is 53.6 Å². The Morgan fingerprint density at radius 1 is 1.20 bits per heavy atom. The van der Waals surface area contributed by atoms with Crippen LogP contribution in [0.2, 0.25) is 0 Å². The molecule has 2 atom stereocenters. The molecule has 0 spiro atoms. The average Bonchev–Trinajstić information content (AvgIpc) is 2.78. The monoisotopic (exact) mass is 409 g/mol. The van der Waals surface area contributed by atoms with Crippen molar-refractivity contribution in [2.75, 3.05) is 20.8 Å². The van der Waals surface area contributed by atoms with E-state index in [1.165, 1.54) is 0 Å². The second-order valence-corrected chi connectivity index (χ2v) is 6.83. The Bertz CT molecular complexity index is 959. The lowest BCUT2D eigenvalue weighted by Crippen LogP contribution is -2.71. The Kier molecular flexibility index (Phi) is 6.77. The molecule has 1 saturated heterocycles. The van der Waals surface area contributed by atoms with E-state index >= 15 is 0 Å².